The Morgan fingerprint density at radius 3 is 1.05 bits per heavy atom. The Morgan fingerprint density at radius 1 is 0.356 bits per heavy atom. The van der Waals surface area contributed by atoms with E-state index < -0.39 is 0 Å². The summed E-state index contributed by atoms with van der Waals surface area (Å²) in [5.74, 6) is -0.656. The van der Waals surface area contributed by atoms with Crippen LogP contribution in [0.15, 0.2) is 188 Å². The topological polar surface area (TPSA) is 105 Å². The number of H-pyrrole nitrogens is 2. The number of aryl methyl sites for hydroxylation is 2. The van der Waals surface area contributed by atoms with Gasteiger partial charge in [-0.1, -0.05) is 192 Å². The lowest BCUT2D eigenvalue weighted by Gasteiger charge is -2.16. The maximum Gasteiger partial charge on any atom is 0.266 e. The molecule has 5 aromatic heterocycles. The summed E-state index contributed by atoms with van der Waals surface area (Å²) in [5, 5.41) is 1.95. The summed E-state index contributed by atoms with van der Waals surface area (Å²) in [5.41, 5.74) is 21.7. The molecule has 0 unspecified atom stereocenters. The SMILES string of the molecule is CCCCCCn1c(C)c(C2=C(c3c(C)n(CCCCCC)c4ccccc34)C(=O)N(c3ccc(-c4c5nc(c(-c6ccccc6)c6ccc([nH]6)c(-c6ccccc6)c6nc(c(-c7ccccc7)c7ccc4[nH]7)C=C6)C=C5)cc3)C2=O)c2ccccc21. The lowest BCUT2D eigenvalue weighted by Crippen LogP contribution is -2.31. The van der Waals surface area contributed by atoms with E-state index in [0.717, 1.165) is 198 Å². The molecule has 0 fully saturated rings. The molecule has 2 N–H and O–H groups in total. The summed E-state index contributed by atoms with van der Waals surface area (Å²) >= 11 is 0. The van der Waals surface area contributed by atoms with E-state index in [9.17, 15) is 0 Å². The van der Waals surface area contributed by atoms with Crippen molar-refractivity contribution in [1.82, 2.24) is 29.1 Å². The highest BCUT2D eigenvalue weighted by Gasteiger charge is 2.44. The number of benzene rings is 6. The number of nitrogens with zero attached hydrogens (tertiary/aromatic N) is 5. The van der Waals surface area contributed by atoms with Crippen LogP contribution in [0.5, 0.6) is 0 Å². The van der Waals surface area contributed by atoms with Crippen molar-refractivity contribution in [3.8, 4) is 44.5 Å². The van der Waals surface area contributed by atoms with Crippen molar-refractivity contribution in [3.63, 3.8) is 0 Å². The Kier molecular flexibility index (Phi) is 14.7. The van der Waals surface area contributed by atoms with E-state index in [-0.39, 0.29) is 11.8 Å². The summed E-state index contributed by atoms with van der Waals surface area (Å²) in [6, 6.07) is 64.6. The number of amides is 2. The number of anilines is 1. The Labute approximate surface area is 507 Å². The number of aromatic nitrogens is 6. The maximum atomic E-state index is 16.0. The number of carbonyl (C=O) groups excluding carboxylic acids is 2. The lowest BCUT2D eigenvalue weighted by atomic mass is 9.93. The number of hydrogen-bond donors (Lipinski definition) is 2. The van der Waals surface area contributed by atoms with E-state index >= 15 is 9.59 Å². The normalized spacial score (nSPS) is 13.2. The van der Waals surface area contributed by atoms with Crippen LogP contribution in [0.1, 0.15) is 111 Å². The minimum atomic E-state index is -0.328. The molecular formula is C78H69N7O2. The molecule has 9 nitrogen and oxygen atoms in total. The summed E-state index contributed by atoms with van der Waals surface area (Å²) in [4.78, 5) is 52.3. The monoisotopic (exact) mass is 1140 g/mol. The van der Waals surface area contributed by atoms with Crippen molar-refractivity contribution in [2.24, 2.45) is 0 Å². The van der Waals surface area contributed by atoms with E-state index in [0.29, 0.717) is 16.8 Å². The van der Waals surface area contributed by atoms with Crippen LogP contribution >= 0.6 is 0 Å². The first-order chi connectivity index (χ1) is 42.8. The Hall–Kier alpha value is -10.1. The van der Waals surface area contributed by atoms with Crippen LogP contribution in [0.25, 0.3) is 124 Å². The molecule has 0 atom stereocenters. The van der Waals surface area contributed by atoms with Gasteiger partial charge in [0.1, 0.15) is 0 Å². The zero-order valence-corrected chi connectivity index (χ0v) is 49.8. The predicted octanol–water partition coefficient (Wildman–Crippen LogP) is 19.5. The lowest BCUT2D eigenvalue weighted by molar-refractivity contribution is -0.119. The van der Waals surface area contributed by atoms with Gasteiger partial charge in [-0.3, -0.25) is 9.59 Å². The molecule has 8 heterocycles. The average Bonchev–Trinajstić information content (AvgIpc) is 1.61. The second kappa shape index (κ2) is 23.4. The van der Waals surface area contributed by atoms with Crippen LogP contribution in [0.4, 0.5) is 5.69 Å². The third kappa shape index (κ3) is 9.77. The van der Waals surface area contributed by atoms with Gasteiger partial charge < -0.3 is 19.1 Å². The highest BCUT2D eigenvalue weighted by Crippen LogP contribution is 2.47. The van der Waals surface area contributed by atoms with Crippen molar-refractivity contribution in [2.75, 3.05) is 4.90 Å². The molecular weight excluding hydrogens is 1070 g/mol. The number of para-hydroxylation sites is 2. The molecule has 0 saturated carbocycles. The first-order valence-corrected chi connectivity index (χ1v) is 31.0. The third-order valence-electron chi connectivity index (χ3n) is 17.9. The van der Waals surface area contributed by atoms with Gasteiger partial charge in [-0.2, -0.15) is 0 Å². The molecule has 2 amide bonds. The molecule has 11 aromatic rings. The molecule has 3 aliphatic rings. The summed E-state index contributed by atoms with van der Waals surface area (Å²) in [6.07, 6.45) is 17.3. The summed E-state index contributed by atoms with van der Waals surface area (Å²) in [6.45, 7) is 10.4. The zero-order valence-electron chi connectivity index (χ0n) is 49.8. The van der Waals surface area contributed by atoms with E-state index in [1.807, 2.05) is 54.6 Å². The molecule has 87 heavy (non-hydrogen) atoms. The van der Waals surface area contributed by atoms with Gasteiger partial charge in [-0.15, -0.1) is 0 Å². The van der Waals surface area contributed by atoms with Crippen molar-refractivity contribution in [3.05, 3.63) is 233 Å². The van der Waals surface area contributed by atoms with Crippen LogP contribution < -0.4 is 4.90 Å². The van der Waals surface area contributed by atoms with E-state index in [2.05, 4.69) is 205 Å². The molecule has 0 radical (unpaired) electrons. The highest BCUT2D eigenvalue weighted by molar-refractivity contribution is 6.58. The van der Waals surface area contributed by atoms with Crippen LogP contribution in [0, 0.1) is 13.8 Å². The van der Waals surface area contributed by atoms with Gasteiger partial charge in [0.05, 0.1) is 39.6 Å². The quantitative estimate of drug-likeness (QED) is 0.0700. The first-order valence-electron chi connectivity index (χ1n) is 31.0. The molecule has 0 aliphatic carbocycles. The number of nitrogens with one attached hydrogen (secondary N) is 2. The van der Waals surface area contributed by atoms with Crippen molar-refractivity contribution in [2.45, 2.75) is 92.2 Å². The van der Waals surface area contributed by atoms with Crippen molar-refractivity contribution in [1.29, 1.82) is 0 Å². The predicted molar refractivity (Wildman–Crippen MR) is 362 cm³/mol. The molecule has 3 aliphatic heterocycles. The highest BCUT2D eigenvalue weighted by atomic mass is 16.2. The standard InChI is InChI=1S/C78H69N7O2/c1-5-7-9-24-48-83-50(3)69(57-32-20-22-34-67(57)83)75-76(70-51(4)84(49-25-10-8-6-2)68-35-23-21-33-58(68)70)78(87)85(77(75)86)56-38-36-55(37-39-56)74-65-46-44-63(81-65)72(53-28-16-12-17-29-53)61-42-40-59(79-61)71(52-26-14-11-15-27-52)60-41-43-62(80-60)73(54-30-18-13-19-31-54)64-45-47-66(74)82-64/h11-23,26-47,79,82H,5-10,24-25,48-49H2,1-4H3. The number of carbonyl (C=O) groups is 2. The fraction of sp³-hybridized carbons (Fsp3) is 0.179. The van der Waals surface area contributed by atoms with Crippen molar-refractivity contribution < 1.29 is 9.59 Å². The number of rotatable bonds is 17. The Morgan fingerprint density at radius 2 is 0.690 bits per heavy atom. The summed E-state index contributed by atoms with van der Waals surface area (Å²) < 4.78 is 4.74. The average molecular weight is 1140 g/mol. The Balaban J connectivity index is 0.964. The number of hydrogen-bond acceptors (Lipinski definition) is 4. The van der Waals surface area contributed by atoms with E-state index in [1.165, 1.54) is 4.90 Å². The molecule has 9 heteroatoms. The van der Waals surface area contributed by atoms with Gasteiger partial charge in [-0.25, -0.2) is 14.9 Å². The van der Waals surface area contributed by atoms with E-state index in [4.69, 9.17) is 9.97 Å². The van der Waals surface area contributed by atoms with Crippen molar-refractivity contribution >= 4 is 96.8 Å². The van der Waals surface area contributed by atoms with E-state index in [1.54, 1.807) is 0 Å². The van der Waals surface area contributed by atoms with Gasteiger partial charge in [-0.05, 0) is 122 Å². The molecule has 428 valence electrons. The number of unbranched alkanes of at least 4 members (excludes halogenated alkanes) is 6. The molecule has 0 saturated heterocycles. The van der Waals surface area contributed by atoms with Crippen LogP contribution in [0.2, 0.25) is 0 Å². The van der Waals surface area contributed by atoms with Gasteiger partial charge in [0.15, 0.2) is 0 Å². The number of fused-ring (bicyclic) bond motifs is 10. The Bertz CT molecular complexity index is 4610. The fourth-order valence-electron chi connectivity index (χ4n) is 13.7. The number of imide groups is 1. The molecule has 6 aromatic carbocycles. The van der Waals surface area contributed by atoms with Gasteiger partial charge >= 0.3 is 0 Å². The second-order valence-electron chi connectivity index (χ2n) is 23.2. The molecule has 8 bridgehead atoms. The largest absolute Gasteiger partial charge is 0.354 e. The van der Waals surface area contributed by atoms with Gasteiger partial charge in [0.25, 0.3) is 11.8 Å². The first kappa shape index (κ1) is 54.8. The molecule has 14 rings (SSSR count). The number of aromatic amines is 2. The maximum absolute atomic E-state index is 16.0. The van der Waals surface area contributed by atoms with Crippen LogP contribution in [-0.4, -0.2) is 40.9 Å². The zero-order chi connectivity index (χ0) is 59.1. The minimum absolute atomic E-state index is 0.328. The molecule has 0 spiro atoms. The van der Waals surface area contributed by atoms with Gasteiger partial charge in [0.2, 0.25) is 0 Å². The van der Waals surface area contributed by atoms with Crippen LogP contribution in [0.3, 0.4) is 0 Å². The fourth-order valence-corrected chi connectivity index (χ4v) is 13.7. The second-order valence-corrected chi connectivity index (χ2v) is 23.2. The smallest absolute Gasteiger partial charge is 0.266 e. The summed E-state index contributed by atoms with van der Waals surface area (Å²) in [7, 11) is 0. The van der Waals surface area contributed by atoms with Gasteiger partial charge in [0, 0.05) is 102 Å². The van der Waals surface area contributed by atoms with Crippen LogP contribution in [-0.2, 0) is 22.7 Å². The minimum Gasteiger partial charge on any atom is -0.354 e. The third-order valence-corrected chi connectivity index (χ3v) is 17.9.